The first kappa shape index (κ1) is 16.9. The number of hydrogen-bond donors (Lipinski definition) is 1. The van der Waals surface area contributed by atoms with Gasteiger partial charge in [-0.2, -0.15) is 0 Å². The summed E-state index contributed by atoms with van der Waals surface area (Å²) in [5, 5.41) is 6.28. The van der Waals surface area contributed by atoms with E-state index in [1.54, 1.807) is 0 Å². The maximum atomic E-state index is 13.6. The van der Waals surface area contributed by atoms with E-state index in [1.807, 2.05) is 0 Å². The molecule has 1 N–H and O–H groups in total. The zero-order chi connectivity index (χ0) is 17.3. The highest BCUT2D eigenvalue weighted by molar-refractivity contribution is 7.91. The van der Waals surface area contributed by atoms with Crippen molar-refractivity contribution in [1.82, 2.24) is 5.16 Å². The number of rotatable bonds is 6. The summed E-state index contributed by atoms with van der Waals surface area (Å²) in [5.41, 5.74) is 0.949. The summed E-state index contributed by atoms with van der Waals surface area (Å²) in [5.74, 6) is -2.40. The molecule has 128 valence electrons. The second-order valence-corrected chi connectivity index (χ2v) is 8.20. The van der Waals surface area contributed by atoms with Crippen LogP contribution in [0.25, 0.3) is 0 Å². The third-order valence-corrected chi connectivity index (χ3v) is 5.26. The van der Waals surface area contributed by atoms with Crippen LogP contribution in [-0.4, -0.2) is 25.2 Å². The molecule has 0 atom stereocenters. The van der Waals surface area contributed by atoms with Crippen molar-refractivity contribution in [3.8, 4) is 0 Å². The van der Waals surface area contributed by atoms with Crippen LogP contribution < -0.4 is 5.32 Å². The maximum absolute atomic E-state index is 13.6. The number of carbonyl (C=O) groups excluding carboxylic acids is 1. The Morgan fingerprint density at radius 2 is 2.17 bits per heavy atom. The number of sulfone groups is 1. The molecule has 0 saturated heterocycles. The van der Waals surface area contributed by atoms with Gasteiger partial charge in [-0.15, -0.1) is 0 Å². The van der Waals surface area contributed by atoms with Crippen LogP contribution in [0.2, 0.25) is 5.02 Å². The first-order valence-corrected chi connectivity index (χ1v) is 9.42. The molecule has 1 aliphatic carbocycles. The van der Waals surface area contributed by atoms with Crippen LogP contribution in [0.1, 0.15) is 30.0 Å². The average molecular weight is 373 g/mol. The fraction of sp³-hybridized carbons (Fsp3) is 0.333. The molecular formula is C15H14ClFN2O4S. The van der Waals surface area contributed by atoms with Gasteiger partial charge in [0, 0.05) is 16.5 Å². The molecule has 24 heavy (non-hydrogen) atoms. The van der Waals surface area contributed by atoms with Crippen LogP contribution in [0, 0.1) is 5.82 Å². The third-order valence-electron chi connectivity index (χ3n) is 3.57. The lowest BCUT2D eigenvalue weighted by Crippen LogP contribution is -2.24. The van der Waals surface area contributed by atoms with Gasteiger partial charge < -0.3 is 9.84 Å². The largest absolute Gasteiger partial charge is 0.364 e. The molecule has 1 aromatic heterocycles. The highest BCUT2D eigenvalue weighted by atomic mass is 35.5. The van der Waals surface area contributed by atoms with Crippen LogP contribution in [0.15, 0.2) is 29.0 Å². The number of hydrogen-bond acceptors (Lipinski definition) is 5. The Balaban J connectivity index is 1.66. The van der Waals surface area contributed by atoms with Crippen LogP contribution in [0.3, 0.4) is 0 Å². The Bertz CT molecular complexity index is 877. The predicted octanol–water partition coefficient (Wildman–Crippen LogP) is 2.90. The Morgan fingerprint density at radius 3 is 2.88 bits per heavy atom. The van der Waals surface area contributed by atoms with Crippen molar-refractivity contribution < 1.29 is 22.1 Å². The van der Waals surface area contributed by atoms with Gasteiger partial charge in [0.15, 0.2) is 9.84 Å². The Labute approximate surface area is 142 Å². The average Bonchev–Trinajstić information content (AvgIpc) is 3.22. The number of nitrogens with zero attached hydrogens (tertiary/aromatic N) is 1. The van der Waals surface area contributed by atoms with Crippen LogP contribution in [-0.2, 0) is 20.4 Å². The minimum absolute atomic E-state index is 0.161. The van der Waals surface area contributed by atoms with Crippen molar-refractivity contribution in [2.75, 3.05) is 11.1 Å². The predicted molar refractivity (Wildman–Crippen MR) is 86.0 cm³/mol. The van der Waals surface area contributed by atoms with E-state index in [2.05, 4.69) is 10.5 Å². The van der Waals surface area contributed by atoms with Crippen molar-refractivity contribution >= 4 is 33.0 Å². The molecule has 2 aromatic rings. The summed E-state index contributed by atoms with van der Waals surface area (Å²) in [6.07, 6.45) is 3.20. The normalized spacial score (nSPS) is 14.6. The molecule has 0 spiro atoms. The third kappa shape index (κ3) is 4.12. The molecule has 0 bridgehead atoms. The summed E-state index contributed by atoms with van der Waals surface area (Å²) in [4.78, 5) is 11.9. The lowest BCUT2D eigenvalue weighted by Gasteiger charge is -2.07. The van der Waals surface area contributed by atoms with Crippen molar-refractivity contribution in [3.63, 3.8) is 0 Å². The van der Waals surface area contributed by atoms with E-state index in [1.165, 1.54) is 18.4 Å². The molecule has 0 unspecified atom stereocenters. The van der Waals surface area contributed by atoms with Gasteiger partial charge in [-0.25, -0.2) is 12.8 Å². The molecule has 1 fully saturated rings. The summed E-state index contributed by atoms with van der Waals surface area (Å²) >= 11 is 5.73. The van der Waals surface area contributed by atoms with Gasteiger partial charge in [0.2, 0.25) is 5.91 Å². The zero-order valence-electron chi connectivity index (χ0n) is 12.5. The molecule has 1 amide bonds. The fourth-order valence-electron chi connectivity index (χ4n) is 2.33. The van der Waals surface area contributed by atoms with Crippen LogP contribution in [0.5, 0.6) is 0 Å². The van der Waals surface area contributed by atoms with E-state index in [0.717, 1.165) is 18.9 Å². The summed E-state index contributed by atoms with van der Waals surface area (Å²) in [6, 6.07) is 3.63. The van der Waals surface area contributed by atoms with E-state index in [9.17, 15) is 17.6 Å². The van der Waals surface area contributed by atoms with Crippen molar-refractivity contribution in [2.45, 2.75) is 24.5 Å². The minimum Gasteiger partial charge on any atom is -0.364 e. The number of benzene rings is 1. The van der Waals surface area contributed by atoms with Gasteiger partial charge in [-0.1, -0.05) is 16.8 Å². The monoisotopic (exact) mass is 372 g/mol. The van der Waals surface area contributed by atoms with Crippen LogP contribution >= 0.6 is 11.6 Å². The molecule has 1 aromatic carbocycles. The quantitative estimate of drug-likeness (QED) is 0.842. The van der Waals surface area contributed by atoms with Gasteiger partial charge in [0.25, 0.3) is 0 Å². The van der Waals surface area contributed by atoms with E-state index < -0.39 is 27.3 Å². The van der Waals surface area contributed by atoms with Gasteiger partial charge in [-0.05, 0) is 31.0 Å². The number of nitrogens with one attached hydrogen (secondary N) is 1. The lowest BCUT2D eigenvalue weighted by molar-refractivity contribution is -0.113. The number of amides is 1. The standard InChI is InChI=1S/C15H14ClFN2O4S/c16-11-3-4-12(17)13(5-11)18-14(20)8-24(21,22)7-10-6-23-19-15(10)9-1-2-9/h3-6,9H,1-2,7-8H2,(H,18,20). The highest BCUT2D eigenvalue weighted by Crippen LogP contribution is 2.41. The van der Waals surface area contributed by atoms with E-state index >= 15 is 0 Å². The summed E-state index contributed by atoms with van der Waals surface area (Å²) in [7, 11) is -3.74. The van der Waals surface area contributed by atoms with Crippen molar-refractivity contribution in [2.24, 2.45) is 0 Å². The Kier molecular flexibility index (Phi) is 4.60. The number of halogens is 2. The van der Waals surface area contributed by atoms with Crippen molar-refractivity contribution in [1.29, 1.82) is 0 Å². The Hall–Kier alpha value is -1.93. The fourth-order valence-corrected chi connectivity index (χ4v) is 3.77. The van der Waals surface area contributed by atoms with Crippen molar-refractivity contribution in [3.05, 3.63) is 46.6 Å². The summed E-state index contributed by atoms with van der Waals surface area (Å²) in [6.45, 7) is 0. The van der Waals surface area contributed by atoms with Crippen LogP contribution in [0.4, 0.5) is 10.1 Å². The molecule has 1 aliphatic rings. The number of anilines is 1. The first-order chi connectivity index (χ1) is 11.3. The second-order valence-electron chi connectivity index (χ2n) is 5.70. The number of carbonyl (C=O) groups is 1. The SMILES string of the molecule is O=C(CS(=O)(=O)Cc1conc1C1CC1)Nc1cc(Cl)ccc1F. The topological polar surface area (TPSA) is 89.3 Å². The first-order valence-electron chi connectivity index (χ1n) is 7.22. The van der Waals surface area contributed by atoms with Gasteiger partial charge in [-0.3, -0.25) is 4.79 Å². The Morgan fingerprint density at radius 1 is 1.42 bits per heavy atom. The maximum Gasteiger partial charge on any atom is 0.239 e. The molecule has 1 heterocycles. The number of aromatic nitrogens is 1. The smallest absolute Gasteiger partial charge is 0.239 e. The second kappa shape index (κ2) is 6.52. The molecule has 9 heteroatoms. The van der Waals surface area contributed by atoms with Gasteiger partial charge >= 0.3 is 0 Å². The van der Waals surface area contributed by atoms with E-state index in [-0.39, 0.29) is 22.4 Å². The minimum atomic E-state index is -3.74. The lowest BCUT2D eigenvalue weighted by atomic mass is 10.2. The van der Waals surface area contributed by atoms with E-state index in [0.29, 0.717) is 11.3 Å². The molecule has 0 aliphatic heterocycles. The molecule has 6 nitrogen and oxygen atoms in total. The van der Waals surface area contributed by atoms with Gasteiger partial charge in [0.05, 0.1) is 17.1 Å². The van der Waals surface area contributed by atoms with E-state index in [4.69, 9.17) is 16.1 Å². The highest BCUT2D eigenvalue weighted by Gasteiger charge is 2.31. The molecule has 3 rings (SSSR count). The zero-order valence-corrected chi connectivity index (χ0v) is 14.0. The summed E-state index contributed by atoms with van der Waals surface area (Å²) < 4.78 is 42.8. The molecule has 0 radical (unpaired) electrons. The van der Waals surface area contributed by atoms with Gasteiger partial charge in [0.1, 0.15) is 17.8 Å². The molecular weight excluding hydrogens is 359 g/mol. The molecule has 1 saturated carbocycles.